The predicted octanol–water partition coefficient (Wildman–Crippen LogP) is 3.19. The monoisotopic (exact) mass is 277 g/mol. The Kier molecular flexibility index (Phi) is 5.77. The Bertz CT molecular complexity index is 437. The lowest BCUT2D eigenvalue weighted by Gasteiger charge is -2.26. The lowest BCUT2D eigenvalue weighted by molar-refractivity contribution is 0.0423. The van der Waals surface area contributed by atoms with Gasteiger partial charge in [0, 0.05) is 0 Å². The van der Waals surface area contributed by atoms with E-state index in [2.05, 4.69) is 11.9 Å². The standard InChI is InChI=1S/C16H23NO3/c1-5-9-13(17-15(19)20-16(2,3)4)14(18)12-10-7-6-8-11-12/h5-8,10-11,13-14,18H,1,9H2,2-4H3,(H,17,19)/t13-,14-/m1/s1. The second kappa shape index (κ2) is 7.10. The van der Waals surface area contributed by atoms with Gasteiger partial charge in [-0.3, -0.25) is 0 Å². The van der Waals surface area contributed by atoms with E-state index in [4.69, 9.17) is 4.74 Å². The highest BCUT2D eigenvalue weighted by molar-refractivity contribution is 5.68. The fourth-order valence-electron chi connectivity index (χ4n) is 1.79. The summed E-state index contributed by atoms with van der Waals surface area (Å²) in [5.74, 6) is 0. The number of amides is 1. The summed E-state index contributed by atoms with van der Waals surface area (Å²) in [6, 6.07) is 8.73. The van der Waals surface area contributed by atoms with Crippen molar-refractivity contribution in [3.05, 3.63) is 48.6 Å². The third-order valence-electron chi connectivity index (χ3n) is 2.64. The maximum absolute atomic E-state index is 11.8. The van der Waals surface area contributed by atoms with Gasteiger partial charge in [-0.2, -0.15) is 0 Å². The molecular weight excluding hydrogens is 254 g/mol. The first-order chi connectivity index (χ1) is 9.33. The van der Waals surface area contributed by atoms with E-state index in [1.807, 2.05) is 30.3 Å². The summed E-state index contributed by atoms with van der Waals surface area (Å²) in [6.45, 7) is 9.04. The Morgan fingerprint density at radius 1 is 1.40 bits per heavy atom. The molecular formula is C16H23NO3. The molecule has 1 aromatic rings. The van der Waals surface area contributed by atoms with Crippen LogP contribution in [0.2, 0.25) is 0 Å². The van der Waals surface area contributed by atoms with Crippen LogP contribution < -0.4 is 5.32 Å². The molecule has 0 aromatic heterocycles. The summed E-state index contributed by atoms with van der Waals surface area (Å²) < 4.78 is 5.21. The third kappa shape index (κ3) is 5.45. The minimum absolute atomic E-state index is 0.454. The molecule has 0 aliphatic carbocycles. The molecule has 4 heteroatoms. The van der Waals surface area contributed by atoms with Crippen molar-refractivity contribution in [3.63, 3.8) is 0 Å². The van der Waals surface area contributed by atoms with Crippen LogP contribution >= 0.6 is 0 Å². The molecule has 0 aliphatic rings. The van der Waals surface area contributed by atoms with E-state index in [1.165, 1.54) is 0 Å². The Morgan fingerprint density at radius 3 is 2.50 bits per heavy atom. The van der Waals surface area contributed by atoms with Crippen LogP contribution in [0.25, 0.3) is 0 Å². The zero-order valence-electron chi connectivity index (χ0n) is 12.3. The first-order valence-corrected chi connectivity index (χ1v) is 6.67. The maximum atomic E-state index is 11.8. The molecule has 0 fully saturated rings. The second-order valence-electron chi connectivity index (χ2n) is 5.63. The molecule has 0 spiro atoms. The van der Waals surface area contributed by atoms with Crippen LogP contribution in [-0.2, 0) is 4.74 Å². The number of rotatable bonds is 5. The van der Waals surface area contributed by atoms with Crippen molar-refractivity contribution in [2.75, 3.05) is 0 Å². The van der Waals surface area contributed by atoms with Crippen molar-refractivity contribution in [1.29, 1.82) is 0 Å². The highest BCUT2D eigenvalue weighted by atomic mass is 16.6. The van der Waals surface area contributed by atoms with E-state index in [1.54, 1.807) is 26.8 Å². The highest BCUT2D eigenvalue weighted by Crippen LogP contribution is 2.19. The molecule has 0 saturated carbocycles. The van der Waals surface area contributed by atoms with Crippen molar-refractivity contribution in [1.82, 2.24) is 5.32 Å². The number of aliphatic hydroxyl groups is 1. The average Bonchev–Trinajstić information content (AvgIpc) is 2.36. The van der Waals surface area contributed by atoms with Crippen LogP contribution in [0.4, 0.5) is 4.79 Å². The molecule has 0 aliphatic heterocycles. The van der Waals surface area contributed by atoms with Crippen LogP contribution in [0, 0.1) is 0 Å². The maximum Gasteiger partial charge on any atom is 0.407 e. The third-order valence-corrected chi connectivity index (χ3v) is 2.64. The normalized spacial score (nSPS) is 14.2. The quantitative estimate of drug-likeness (QED) is 0.813. The zero-order chi connectivity index (χ0) is 15.2. The minimum Gasteiger partial charge on any atom is -0.444 e. The van der Waals surface area contributed by atoms with Crippen molar-refractivity contribution in [2.45, 2.75) is 44.9 Å². The Morgan fingerprint density at radius 2 is 2.00 bits per heavy atom. The van der Waals surface area contributed by atoms with Gasteiger partial charge in [0.1, 0.15) is 5.60 Å². The van der Waals surface area contributed by atoms with Gasteiger partial charge in [0.2, 0.25) is 0 Å². The summed E-state index contributed by atoms with van der Waals surface area (Å²) >= 11 is 0. The van der Waals surface area contributed by atoms with Gasteiger partial charge in [0.25, 0.3) is 0 Å². The van der Waals surface area contributed by atoms with Crippen LogP contribution in [0.1, 0.15) is 38.9 Å². The molecule has 2 atom stereocenters. The zero-order valence-corrected chi connectivity index (χ0v) is 12.3. The largest absolute Gasteiger partial charge is 0.444 e. The Labute approximate surface area is 120 Å². The molecule has 1 rings (SSSR count). The van der Waals surface area contributed by atoms with Crippen molar-refractivity contribution in [2.24, 2.45) is 0 Å². The number of benzene rings is 1. The van der Waals surface area contributed by atoms with Gasteiger partial charge >= 0.3 is 6.09 Å². The number of alkyl carbamates (subject to hydrolysis) is 1. The van der Waals surface area contributed by atoms with Gasteiger partial charge in [-0.25, -0.2) is 4.79 Å². The lowest BCUT2D eigenvalue weighted by atomic mass is 10.00. The summed E-state index contributed by atoms with van der Waals surface area (Å²) in [7, 11) is 0. The van der Waals surface area contributed by atoms with Crippen molar-refractivity contribution < 1.29 is 14.6 Å². The van der Waals surface area contributed by atoms with Gasteiger partial charge in [0.05, 0.1) is 12.1 Å². The summed E-state index contributed by atoms with van der Waals surface area (Å²) in [6.07, 6.45) is 0.768. The summed E-state index contributed by atoms with van der Waals surface area (Å²) in [5, 5.41) is 13.0. The van der Waals surface area contributed by atoms with E-state index in [9.17, 15) is 9.90 Å². The molecule has 0 saturated heterocycles. The van der Waals surface area contributed by atoms with Crippen LogP contribution in [0.15, 0.2) is 43.0 Å². The second-order valence-corrected chi connectivity index (χ2v) is 5.63. The minimum atomic E-state index is -0.804. The van der Waals surface area contributed by atoms with Gasteiger partial charge in [-0.15, -0.1) is 6.58 Å². The number of hydrogen-bond donors (Lipinski definition) is 2. The fraction of sp³-hybridized carbons (Fsp3) is 0.438. The van der Waals surface area contributed by atoms with Crippen LogP contribution in [-0.4, -0.2) is 22.8 Å². The lowest BCUT2D eigenvalue weighted by Crippen LogP contribution is -2.42. The summed E-state index contributed by atoms with van der Waals surface area (Å²) in [4.78, 5) is 11.8. The number of ether oxygens (including phenoxy) is 1. The van der Waals surface area contributed by atoms with E-state index in [0.29, 0.717) is 6.42 Å². The Hall–Kier alpha value is -1.81. The molecule has 1 aromatic carbocycles. The number of aliphatic hydroxyl groups excluding tert-OH is 1. The van der Waals surface area contributed by atoms with Crippen molar-refractivity contribution >= 4 is 6.09 Å². The number of hydrogen-bond acceptors (Lipinski definition) is 3. The molecule has 110 valence electrons. The number of carbonyl (C=O) groups is 1. The number of nitrogens with one attached hydrogen (secondary N) is 1. The average molecular weight is 277 g/mol. The fourth-order valence-corrected chi connectivity index (χ4v) is 1.79. The smallest absolute Gasteiger partial charge is 0.407 e. The van der Waals surface area contributed by atoms with E-state index >= 15 is 0 Å². The first-order valence-electron chi connectivity index (χ1n) is 6.67. The molecule has 2 N–H and O–H groups in total. The van der Waals surface area contributed by atoms with Crippen molar-refractivity contribution in [3.8, 4) is 0 Å². The molecule has 4 nitrogen and oxygen atoms in total. The van der Waals surface area contributed by atoms with E-state index in [0.717, 1.165) is 5.56 Å². The molecule has 0 bridgehead atoms. The molecule has 0 heterocycles. The molecule has 0 radical (unpaired) electrons. The van der Waals surface area contributed by atoms with Gasteiger partial charge in [-0.1, -0.05) is 36.4 Å². The van der Waals surface area contributed by atoms with E-state index < -0.39 is 23.8 Å². The number of carbonyl (C=O) groups excluding carboxylic acids is 1. The molecule has 1 amide bonds. The van der Waals surface area contributed by atoms with Crippen LogP contribution in [0.5, 0.6) is 0 Å². The van der Waals surface area contributed by atoms with E-state index in [-0.39, 0.29) is 0 Å². The van der Waals surface area contributed by atoms with Gasteiger partial charge < -0.3 is 15.2 Å². The SMILES string of the molecule is C=CC[C@@H](NC(=O)OC(C)(C)C)[C@H](O)c1ccccc1. The predicted molar refractivity (Wildman–Crippen MR) is 79.4 cm³/mol. The summed E-state index contributed by atoms with van der Waals surface area (Å²) in [5.41, 5.74) is 0.177. The molecule has 0 unspecified atom stereocenters. The topological polar surface area (TPSA) is 58.6 Å². The van der Waals surface area contributed by atoms with Gasteiger partial charge in [-0.05, 0) is 32.8 Å². The van der Waals surface area contributed by atoms with Crippen LogP contribution in [0.3, 0.4) is 0 Å². The Balaban J connectivity index is 2.74. The first kappa shape index (κ1) is 16.2. The van der Waals surface area contributed by atoms with Gasteiger partial charge in [0.15, 0.2) is 0 Å². The highest BCUT2D eigenvalue weighted by Gasteiger charge is 2.24. The molecule has 20 heavy (non-hydrogen) atoms.